The van der Waals surface area contributed by atoms with Crippen molar-refractivity contribution in [2.75, 3.05) is 32.7 Å². The Hall–Kier alpha value is -1.26. The number of hydrogen-bond acceptors (Lipinski definition) is 2. The number of hydrogen-bond donors (Lipinski definition) is 2. The predicted molar refractivity (Wildman–Crippen MR) is 95.5 cm³/mol. The van der Waals surface area contributed by atoms with Crippen LogP contribution in [0.3, 0.4) is 0 Å². The molecule has 0 aromatic carbocycles. The van der Waals surface area contributed by atoms with Crippen LogP contribution >= 0.6 is 0 Å². The van der Waals surface area contributed by atoms with E-state index in [9.17, 15) is 4.79 Å². The molecule has 0 spiro atoms. The van der Waals surface area contributed by atoms with Gasteiger partial charge < -0.3 is 15.5 Å². The lowest BCUT2D eigenvalue weighted by Gasteiger charge is -2.25. The average molecular weight is 322 g/mol. The van der Waals surface area contributed by atoms with E-state index >= 15 is 0 Å². The summed E-state index contributed by atoms with van der Waals surface area (Å²) in [6.45, 7) is 8.96. The molecule has 0 bridgehead atoms. The molecule has 0 atom stereocenters. The molecule has 0 radical (unpaired) electrons. The molecule has 1 aliphatic carbocycles. The number of carbonyl (C=O) groups is 1. The molecule has 0 aromatic heterocycles. The fourth-order valence-corrected chi connectivity index (χ4v) is 3.49. The maximum absolute atomic E-state index is 11.6. The first kappa shape index (κ1) is 18.1. The van der Waals surface area contributed by atoms with Crippen LogP contribution in [0.25, 0.3) is 0 Å². The van der Waals surface area contributed by atoms with Crippen LogP contribution in [0, 0.1) is 11.8 Å². The van der Waals surface area contributed by atoms with Crippen LogP contribution in [0.4, 0.5) is 0 Å². The molecular weight excluding hydrogens is 288 g/mol. The van der Waals surface area contributed by atoms with Gasteiger partial charge >= 0.3 is 0 Å². The number of nitrogens with zero attached hydrogens (tertiary/aromatic N) is 2. The van der Waals surface area contributed by atoms with Crippen LogP contribution < -0.4 is 10.6 Å². The van der Waals surface area contributed by atoms with Gasteiger partial charge in [-0.2, -0.15) is 0 Å². The molecule has 132 valence electrons. The summed E-state index contributed by atoms with van der Waals surface area (Å²) in [5, 5.41) is 6.74. The Kier molecular flexibility index (Phi) is 7.69. The van der Waals surface area contributed by atoms with E-state index in [4.69, 9.17) is 4.99 Å². The lowest BCUT2D eigenvalue weighted by molar-refractivity contribution is -0.127. The largest absolute Gasteiger partial charge is 0.357 e. The zero-order valence-corrected chi connectivity index (χ0v) is 14.9. The topological polar surface area (TPSA) is 56.7 Å². The van der Waals surface area contributed by atoms with Crippen LogP contribution in [0.1, 0.15) is 58.8 Å². The Morgan fingerprint density at radius 2 is 2.04 bits per heavy atom. The molecule has 2 fully saturated rings. The standard InChI is InChI=1S/C18H34N4O/c1-3-19-18(21-14-16-9-7-15(2)8-10-16)20-11-5-13-22-12-4-6-17(22)23/h15-16H,3-14H2,1-2H3,(H2,19,20,21). The zero-order valence-electron chi connectivity index (χ0n) is 14.9. The molecule has 5 nitrogen and oxygen atoms in total. The van der Waals surface area contributed by atoms with Crippen molar-refractivity contribution < 1.29 is 4.79 Å². The Morgan fingerprint density at radius 3 is 2.70 bits per heavy atom. The molecule has 1 amide bonds. The first-order valence-electron chi connectivity index (χ1n) is 9.49. The third-order valence-corrected chi connectivity index (χ3v) is 5.06. The van der Waals surface area contributed by atoms with Crippen molar-refractivity contribution in [3.05, 3.63) is 0 Å². The molecule has 2 N–H and O–H groups in total. The summed E-state index contributed by atoms with van der Waals surface area (Å²) in [7, 11) is 0. The molecule has 1 aliphatic heterocycles. The quantitative estimate of drug-likeness (QED) is 0.430. The molecule has 0 unspecified atom stereocenters. The van der Waals surface area contributed by atoms with Crippen LogP contribution in [0.5, 0.6) is 0 Å². The van der Waals surface area contributed by atoms with Crippen molar-refractivity contribution in [1.29, 1.82) is 0 Å². The number of nitrogens with one attached hydrogen (secondary N) is 2. The van der Waals surface area contributed by atoms with Crippen molar-refractivity contribution >= 4 is 11.9 Å². The van der Waals surface area contributed by atoms with Crippen LogP contribution in [-0.4, -0.2) is 49.5 Å². The normalized spacial score (nSPS) is 25.7. The average Bonchev–Trinajstić information content (AvgIpc) is 2.96. The van der Waals surface area contributed by atoms with E-state index in [0.717, 1.165) is 69.8 Å². The lowest BCUT2D eigenvalue weighted by atomic mass is 9.83. The maximum atomic E-state index is 11.6. The van der Waals surface area contributed by atoms with Gasteiger partial charge in [0.2, 0.25) is 5.91 Å². The van der Waals surface area contributed by atoms with E-state index in [1.807, 2.05) is 4.90 Å². The predicted octanol–water partition coefficient (Wildman–Crippen LogP) is 2.38. The van der Waals surface area contributed by atoms with Crippen molar-refractivity contribution in [3.63, 3.8) is 0 Å². The smallest absolute Gasteiger partial charge is 0.222 e. The van der Waals surface area contributed by atoms with Gasteiger partial charge in [-0.15, -0.1) is 0 Å². The minimum absolute atomic E-state index is 0.317. The maximum Gasteiger partial charge on any atom is 0.222 e. The zero-order chi connectivity index (χ0) is 16.5. The third-order valence-electron chi connectivity index (χ3n) is 5.06. The number of guanidine groups is 1. The molecule has 2 rings (SSSR count). The van der Waals surface area contributed by atoms with E-state index in [-0.39, 0.29) is 0 Å². The molecule has 1 saturated carbocycles. The summed E-state index contributed by atoms with van der Waals surface area (Å²) in [5.74, 6) is 2.90. The van der Waals surface area contributed by atoms with Crippen molar-refractivity contribution in [3.8, 4) is 0 Å². The van der Waals surface area contributed by atoms with Crippen molar-refractivity contribution in [1.82, 2.24) is 15.5 Å². The molecule has 5 heteroatoms. The van der Waals surface area contributed by atoms with Gasteiger partial charge in [-0.1, -0.05) is 19.8 Å². The monoisotopic (exact) mass is 322 g/mol. The number of likely N-dealkylation sites (tertiary alicyclic amines) is 1. The second kappa shape index (κ2) is 9.78. The number of aliphatic imine (C=N–C) groups is 1. The Balaban J connectivity index is 1.66. The first-order chi connectivity index (χ1) is 11.2. The number of rotatable bonds is 7. The minimum Gasteiger partial charge on any atom is -0.357 e. The van der Waals surface area contributed by atoms with Gasteiger partial charge in [-0.3, -0.25) is 9.79 Å². The first-order valence-corrected chi connectivity index (χ1v) is 9.49. The van der Waals surface area contributed by atoms with Crippen molar-refractivity contribution in [2.24, 2.45) is 16.8 Å². The van der Waals surface area contributed by atoms with E-state index in [0.29, 0.717) is 5.91 Å². The summed E-state index contributed by atoms with van der Waals surface area (Å²) in [5.41, 5.74) is 0. The van der Waals surface area contributed by atoms with Crippen molar-refractivity contribution in [2.45, 2.75) is 58.8 Å². The lowest BCUT2D eigenvalue weighted by Crippen LogP contribution is -2.39. The summed E-state index contributed by atoms with van der Waals surface area (Å²) in [6.07, 6.45) is 8.09. The third kappa shape index (κ3) is 6.40. The molecule has 2 aliphatic rings. The highest BCUT2D eigenvalue weighted by Gasteiger charge is 2.19. The highest BCUT2D eigenvalue weighted by molar-refractivity contribution is 5.79. The SMILES string of the molecule is CCNC(=NCC1CCC(C)CC1)NCCCN1CCCC1=O. The Bertz CT molecular complexity index is 388. The highest BCUT2D eigenvalue weighted by atomic mass is 16.2. The van der Waals surface area contributed by atoms with Gasteiger partial charge in [-0.05, 0) is 44.4 Å². The van der Waals surface area contributed by atoms with Crippen LogP contribution in [0.15, 0.2) is 4.99 Å². The van der Waals surface area contributed by atoms with E-state index in [1.165, 1.54) is 25.7 Å². The van der Waals surface area contributed by atoms with Gasteiger partial charge in [0.15, 0.2) is 5.96 Å². The van der Waals surface area contributed by atoms with Gasteiger partial charge in [0.25, 0.3) is 0 Å². The fraction of sp³-hybridized carbons (Fsp3) is 0.889. The Morgan fingerprint density at radius 1 is 1.26 bits per heavy atom. The molecule has 0 aromatic rings. The second-order valence-electron chi connectivity index (χ2n) is 7.11. The molecule has 1 saturated heterocycles. The summed E-state index contributed by atoms with van der Waals surface area (Å²) < 4.78 is 0. The highest BCUT2D eigenvalue weighted by Crippen LogP contribution is 2.28. The summed E-state index contributed by atoms with van der Waals surface area (Å²) in [6, 6.07) is 0. The molecule has 1 heterocycles. The summed E-state index contributed by atoms with van der Waals surface area (Å²) in [4.78, 5) is 18.3. The summed E-state index contributed by atoms with van der Waals surface area (Å²) >= 11 is 0. The van der Waals surface area contributed by atoms with Crippen LogP contribution in [-0.2, 0) is 4.79 Å². The van der Waals surface area contributed by atoms with E-state index in [1.54, 1.807) is 0 Å². The Labute approximate surface area is 141 Å². The van der Waals surface area contributed by atoms with Gasteiger partial charge in [-0.25, -0.2) is 0 Å². The van der Waals surface area contributed by atoms with E-state index in [2.05, 4.69) is 24.5 Å². The minimum atomic E-state index is 0.317. The second-order valence-corrected chi connectivity index (χ2v) is 7.11. The van der Waals surface area contributed by atoms with E-state index < -0.39 is 0 Å². The number of amides is 1. The molecule has 23 heavy (non-hydrogen) atoms. The molecular formula is C18H34N4O. The fourth-order valence-electron chi connectivity index (χ4n) is 3.49. The van der Waals surface area contributed by atoms with Gasteiger partial charge in [0.05, 0.1) is 0 Å². The van der Waals surface area contributed by atoms with Gasteiger partial charge in [0, 0.05) is 39.1 Å². The number of carbonyl (C=O) groups excluding carboxylic acids is 1. The van der Waals surface area contributed by atoms with Gasteiger partial charge in [0.1, 0.15) is 0 Å². The van der Waals surface area contributed by atoms with Crippen LogP contribution in [0.2, 0.25) is 0 Å².